The molecule has 0 atom stereocenters. The number of rotatable bonds is 5. The Morgan fingerprint density at radius 2 is 2.00 bits per heavy atom. The molecular weight excluding hydrogens is 272 g/mol. The van der Waals surface area contributed by atoms with Gasteiger partial charge in [0.05, 0.1) is 12.1 Å². The molecule has 0 saturated heterocycles. The van der Waals surface area contributed by atoms with E-state index in [1.54, 1.807) is 11.8 Å². The fourth-order valence-corrected chi connectivity index (χ4v) is 2.57. The van der Waals surface area contributed by atoms with Gasteiger partial charge in [-0.15, -0.1) is 5.10 Å². The van der Waals surface area contributed by atoms with Gasteiger partial charge in [0.15, 0.2) is 0 Å². The first-order valence-corrected chi connectivity index (χ1v) is 7.57. The average Bonchev–Trinajstić information content (AvgIpc) is 2.85. The van der Waals surface area contributed by atoms with Crippen molar-refractivity contribution >= 4 is 11.8 Å². The highest BCUT2D eigenvalue weighted by molar-refractivity contribution is 7.99. The Balaban J connectivity index is 1.85. The molecule has 0 fully saturated rings. The summed E-state index contributed by atoms with van der Waals surface area (Å²) in [6, 6.07) is 8.02. The summed E-state index contributed by atoms with van der Waals surface area (Å²) in [5, 5.41) is 12.7. The number of ether oxygens (including phenoxy) is 1. The Morgan fingerprint density at radius 3 is 2.70 bits per heavy atom. The van der Waals surface area contributed by atoms with E-state index in [1.165, 1.54) is 0 Å². The molecule has 0 saturated carbocycles. The molecule has 2 rings (SSSR count). The van der Waals surface area contributed by atoms with E-state index < -0.39 is 0 Å². The first kappa shape index (κ1) is 14.8. The molecule has 6 heteroatoms. The summed E-state index contributed by atoms with van der Waals surface area (Å²) in [7, 11) is 0. The van der Waals surface area contributed by atoms with Crippen LogP contribution in [0.4, 0.5) is 0 Å². The Hall–Kier alpha value is -1.56. The van der Waals surface area contributed by atoms with Gasteiger partial charge in [-0.2, -0.15) is 0 Å². The van der Waals surface area contributed by atoms with Crippen molar-refractivity contribution in [3.63, 3.8) is 0 Å². The van der Waals surface area contributed by atoms with Gasteiger partial charge in [-0.25, -0.2) is 4.68 Å². The highest BCUT2D eigenvalue weighted by Gasteiger charge is 2.19. The van der Waals surface area contributed by atoms with E-state index in [0.29, 0.717) is 6.61 Å². The summed E-state index contributed by atoms with van der Waals surface area (Å²) in [5.74, 6) is 1.74. The Morgan fingerprint density at radius 1 is 1.25 bits per heavy atom. The van der Waals surface area contributed by atoms with Crippen molar-refractivity contribution in [1.82, 2.24) is 20.2 Å². The SMILES string of the molecule is Cc1ccccc1OCCSc1nnnn1C(C)(C)C. The van der Waals surface area contributed by atoms with E-state index in [1.807, 2.05) is 35.9 Å². The number of tetrazole rings is 1. The summed E-state index contributed by atoms with van der Waals surface area (Å²) >= 11 is 1.61. The molecule has 5 nitrogen and oxygen atoms in total. The second kappa shape index (κ2) is 6.26. The van der Waals surface area contributed by atoms with Crippen molar-refractivity contribution < 1.29 is 4.74 Å². The second-order valence-corrected chi connectivity index (χ2v) is 6.57. The Bertz CT molecular complexity index is 562. The number of nitrogens with zero attached hydrogens (tertiary/aromatic N) is 4. The van der Waals surface area contributed by atoms with Gasteiger partial charge in [0.25, 0.3) is 0 Å². The molecule has 0 amide bonds. The number of para-hydroxylation sites is 1. The van der Waals surface area contributed by atoms with Gasteiger partial charge >= 0.3 is 0 Å². The van der Waals surface area contributed by atoms with Crippen LogP contribution < -0.4 is 4.74 Å². The van der Waals surface area contributed by atoms with E-state index in [4.69, 9.17) is 4.74 Å². The highest BCUT2D eigenvalue weighted by atomic mass is 32.2. The molecule has 0 aliphatic carbocycles. The van der Waals surface area contributed by atoms with Crippen LogP contribution in [0.25, 0.3) is 0 Å². The first-order valence-electron chi connectivity index (χ1n) is 6.58. The predicted octanol–water partition coefficient (Wildman–Crippen LogP) is 2.91. The lowest BCUT2D eigenvalue weighted by atomic mass is 10.1. The summed E-state index contributed by atoms with van der Waals surface area (Å²) in [4.78, 5) is 0. The van der Waals surface area contributed by atoms with Crippen LogP contribution in [-0.2, 0) is 5.54 Å². The molecule has 0 N–H and O–H groups in total. The third-order valence-electron chi connectivity index (χ3n) is 2.74. The number of hydrogen-bond donors (Lipinski definition) is 0. The first-order chi connectivity index (χ1) is 9.48. The number of benzene rings is 1. The van der Waals surface area contributed by atoms with E-state index in [9.17, 15) is 0 Å². The van der Waals surface area contributed by atoms with Gasteiger partial charge in [-0.1, -0.05) is 30.0 Å². The topological polar surface area (TPSA) is 52.8 Å². The van der Waals surface area contributed by atoms with Crippen LogP contribution in [0.1, 0.15) is 26.3 Å². The van der Waals surface area contributed by atoms with Crippen LogP contribution in [0.3, 0.4) is 0 Å². The molecule has 0 spiro atoms. The molecule has 1 aromatic carbocycles. The van der Waals surface area contributed by atoms with Crippen molar-refractivity contribution in [2.24, 2.45) is 0 Å². The van der Waals surface area contributed by atoms with Crippen molar-refractivity contribution in [1.29, 1.82) is 0 Å². The van der Waals surface area contributed by atoms with Gasteiger partial charge in [-0.05, 0) is 49.8 Å². The number of hydrogen-bond acceptors (Lipinski definition) is 5. The van der Waals surface area contributed by atoms with Gasteiger partial charge < -0.3 is 4.74 Å². The molecule has 108 valence electrons. The molecule has 0 unspecified atom stereocenters. The minimum Gasteiger partial charge on any atom is -0.492 e. The molecule has 0 radical (unpaired) electrons. The van der Waals surface area contributed by atoms with Gasteiger partial charge in [0.1, 0.15) is 5.75 Å². The lowest BCUT2D eigenvalue weighted by Gasteiger charge is -2.19. The van der Waals surface area contributed by atoms with Gasteiger partial charge in [-0.3, -0.25) is 0 Å². The molecule has 1 heterocycles. The lowest BCUT2D eigenvalue weighted by molar-refractivity contribution is 0.319. The molecule has 20 heavy (non-hydrogen) atoms. The zero-order chi connectivity index (χ0) is 14.6. The number of aryl methyl sites for hydroxylation is 1. The predicted molar refractivity (Wildman–Crippen MR) is 80.2 cm³/mol. The van der Waals surface area contributed by atoms with E-state index in [0.717, 1.165) is 22.2 Å². The highest BCUT2D eigenvalue weighted by Crippen LogP contribution is 2.22. The van der Waals surface area contributed by atoms with Crippen LogP contribution >= 0.6 is 11.8 Å². The zero-order valence-electron chi connectivity index (χ0n) is 12.3. The standard InChI is InChI=1S/C14H20N4OS/c1-11-7-5-6-8-12(11)19-9-10-20-13-15-16-17-18(13)14(2,3)4/h5-8H,9-10H2,1-4H3. The lowest BCUT2D eigenvalue weighted by Crippen LogP contribution is -2.24. The maximum absolute atomic E-state index is 5.76. The van der Waals surface area contributed by atoms with Crippen LogP contribution in [0.15, 0.2) is 29.4 Å². The Labute approximate surface area is 123 Å². The van der Waals surface area contributed by atoms with Crippen LogP contribution in [0, 0.1) is 6.92 Å². The summed E-state index contributed by atoms with van der Waals surface area (Å²) in [6.45, 7) is 8.92. The zero-order valence-corrected chi connectivity index (χ0v) is 13.1. The van der Waals surface area contributed by atoms with Crippen molar-refractivity contribution in [2.45, 2.75) is 38.4 Å². The normalized spacial score (nSPS) is 11.6. The molecule has 0 aliphatic rings. The van der Waals surface area contributed by atoms with Crippen LogP contribution in [-0.4, -0.2) is 32.6 Å². The average molecular weight is 292 g/mol. The fraction of sp³-hybridized carbons (Fsp3) is 0.500. The monoisotopic (exact) mass is 292 g/mol. The third kappa shape index (κ3) is 3.72. The number of thioether (sulfide) groups is 1. The van der Waals surface area contributed by atoms with E-state index >= 15 is 0 Å². The van der Waals surface area contributed by atoms with Crippen molar-refractivity contribution in [3.05, 3.63) is 29.8 Å². The maximum atomic E-state index is 5.76. The molecule has 2 aromatic rings. The van der Waals surface area contributed by atoms with E-state index in [-0.39, 0.29) is 5.54 Å². The summed E-state index contributed by atoms with van der Waals surface area (Å²) in [6.07, 6.45) is 0. The molecular formula is C14H20N4OS. The molecule has 0 aliphatic heterocycles. The second-order valence-electron chi connectivity index (χ2n) is 5.51. The molecule has 1 aromatic heterocycles. The van der Waals surface area contributed by atoms with Crippen molar-refractivity contribution in [3.8, 4) is 5.75 Å². The fourth-order valence-electron chi connectivity index (χ4n) is 1.69. The largest absolute Gasteiger partial charge is 0.492 e. The van der Waals surface area contributed by atoms with Crippen LogP contribution in [0.5, 0.6) is 5.75 Å². The minimum atomic E-state index is -0.108. The van der Waals surface area contributed by atoms with E-state index in [2.05, 4.69) is 36.3 Å². The van der Waals surface area contributed by atoms with Crippen molar-refractivity contribution in [2.75, 3.05) is 12.4 Å². The Kier molecular flexibility index (Phi) is 4.65. The third-order valence-corrected chi connectivity index (χ3v) is 3.63. The quantitative estimate of drug-likeness (QED) is 0.626. The molecule has 0 bridgehead atoms. The van der Waals surface area contributed by atoms with Crippen LogP contribution in [0.2, 0.25) is 0 Å². The number of aromatic nitrogens is 4. The minimum absolute atomic E-state index is 0.108. The maximum Gasteiger partial charge on any atom is 0.209 e. The van der Waals surface area contributed by atoms with Gasteiger partial charge in [0.2, 0.25) is 5.16 Å². The summed E-state index contributed by atoms with van der Waals surface area (Å²) in [5.41, 5.74) is 1.04. The summed E-state index contributed by atoms with van der Waals surface area (Å²) < 4.78 is 7.60. The smallest absolute Gasteiger partial charge is 0.209 e. The van der Waals surface area contributed by atoms with Gasteiger partial charge in [0, 0.05) is 5.75 Å².